The topological polar surface area (TPSA) is 0 Å². The Labute approximate surface area is 70.0 Å². The van der Waals surface area contributed by atoms with Crippen LogP contribution in [0.15, 0.2) is 9.85 Å². The van der Waals surface area contributed by atoms with E-state index in [1.807, 2.05) is 0 Å². The van der Waals surface area contributed by atoms with Crippen molar-refractivity contribution in [3.05, 3.63) is 20.3 Å². The first kappa shape index (κ1) is 8.14. The second kappa shape index (κ2) is 2.96. The van der Waals surface area contributed by atoms with Gasteiger partial charge in [-0.15, -0.1) is 11.3 Å². The van der Waals surface area contributed by atoms with E-state index in [0.29, 0.717) is 4.88 Å². The van der Waals surface area contributed by atoms with Gasteiger partial charge in [-0.1, -0.05) is 0 Å². The van der Waals surface area contributed by atoms with Crippen LogP contribution in [0.4, 0.5) is 8.78 Å². The molecule has 0 saturated heterocycles. The van der Waals surface area contributed by atoms with Crippen molar-refractivity contribution in [2.75, 3.05) is 0 Å². The lowest BCUT2D eigenvalue weighted by Gasteiger charge is -1.93. The van der Waals surface area contributed by atoms with Crippen LogP contribution in [0.3, 0.4) is 0 Å². The van der Waals surface area contributed by atoms with Gasteiger partial charge in [-0.2, -0.15) is 0 Å². The molecule has 0 saturated carbocycles. The highest BCUT2D eigenvalue weighted by molar-refractivity contribution is 9.11. The number of aryl methyl sites for hydroxylation is 1. The molecule has 0 aliphatic heterocycles. The quantitative estimate of drug-likeness (QED) is 0.685. The van der Waals surface area contributed by atoms with Gasteiger partial charge in [0.25, 0.3) is 6.43 Å². The minimum Gasteiger partial charge on any atom is -0.205 e. The van der Waals surface area contributed by atoms with E-state index in [2.05, 4.69) is 15.9 Å². The minimum absolute atomic E-state index is 0.136. The molecule has 0 aromatic carbocycles. The van der Waals surface area contributed by atoms with Crippen LogP contribution in [0.2, 0.25) is 0 Å². The van der Waals surface area contributed by atoms with Gasteiger partial charge in [0.2, 0.25) is 0 Å². The van der Waals surface area contributed by atoms with Gasteiger partial charge in [0.15, 0.2) is 0 Å². The predicted octanol–water partition coefficient (Wildman–Crippen LogP) is 3.76. The Morgan fingerprint density at radius 2 is 2.20 bits per heavy atom. The van der Waals surface area contributed by atoms with Crippen LogP contribution in [0, 0.1) is 6.92 Å². The van der Waals surface area contributed by atoms with Crippen LogP contribution in [0.25, 0.3) is 0 Å². The fourth-order valence-corrected chi connectivity index (χ4v) is 2.39. The summed E-state index contributed by atoms with van der Waals surface area (Å²) in [5.41, 5.74) is 0.136. The van der Waals surface area contributed by atoms with Crippen molar-refractivity contribution in [1.29, 1.82) is 0 Å². The van der Waals surface area contributed by atoms with E-state index in [9.17, 15) is 8.78 Å². The van der Waals surface area contributed by atoms with E-state index in [1.165, 1.54) is 17.4 Å². The molecule has 0 N–H and O–H groups in total. The third kappa shape index (κ3) is 1.55. The summed E-state index contributed by atoms with van der Waals surface area (Å²) in [6.07, 6.45) is -2.34. The van der Waals surface area contributed by atoms with Crippen molar-refractivity contribution in [3.63, 3.8) is 0 Å². The maximum atomic E-state index is 12.0. The Hall–Kier alpha value is 0.0400. The third-order valence-electron chi connectivity index (χ3n) is 1.16. The molecule has 1 aromatic rings. The first-order valence-electron chi connectivity index (χ1n) is 2.65. The Kier molecular flexibility index (Phi) is 2.41. The molecule has 0 aliphatic rings. The molecule has 0 radical (unpaired) electrons. The SMILES string of the molecule is Cc1sc(Br)cc1C(F)F. The largest absolute Gasteiger partial charge is 0.264 e. The summed E-state index contributed by atoms with van der Waals surface area (Å²) in [5.74, 6) is 0. The number of hydrogen-bond acceptors (Lipinski definition) is 1. The van der Waals surface area contributed by atoms with E-state index in [0.717, 1.165) is 3.79 Å². The average molecular weight is 227 g/mol. The summed E-state index contributed by atoms with van der Waals surface area (Å²) in [6.45, 7) is 1.69. The second-order valence-corrected chi connectivity index (χ2v) is 4.50. The Morgan fingerprint density at radius 1 is 1.60 bits per heavy atom. The zero-order valence-corrected chi connectivity index (χ0v) is 7.60. The number of thiophene rings is 1. The smallest absolute Gasteiger partial charge is 0.205 e. The summed E-state index contributed by atoms with van der Waals surface area (Å²) >= 11 is 4.47. The van der Waals surface area contributed by atoms with Gasteiger partial charge in [0.05, 0.1) is 3.79 Å². The van der Waals surface area contributed by atoms with Crippen LogP contribution in [-0.2, 0) is 0 Å². The molecule has 56 valence electrons. The molecule has 0 unspecified atom stereocenters. The van der Waals surface area contributed by atoms with E-state index >= 15 is 0 Å². The molecule has 0 nitrogen and oxygen atoms in total. The molecule has 1 aromatic heterocycles. The maximum absolute atomic E-state index is 12.0. The van der Waals surface area contributed by atoms with Crippen molar-refractivity contribution < 1.29 is 8.78 Å². The maximum Gasteiger partial charge on any atom is 0.264 e. The van der Waals surface area contributed by atoms with Gasteiger partial charge >= 0.3 is 0 Å². The standard InChI is InChI=1S/C6H5BrF2S/c1-3-4(6(8)9)2-5(7)10-3/h2,6H,1H3. The molecule has 0 bridgehead atoms. The summed E-state index contributed by atoms with van der Waals surface area (Å²) in [7, 11) is 0. The minimum atomic E-state index is -2.34. The van der Waals surface area contributed by atoms with Crippen molar-refractivity contribution in [3.8, 4) is 0 Å². The molecule has 0 fully saturated rings. The highest BCUT2D eigenvalue weighted by atomic mass is 79.9. The van der Waals surface area contributed by atoms with Crippen molar-refractivity contribution in [2.45, 2.75) is 13.3 Å². The first-order valence-corrected chi connectivity index (χ1v) is 4.26. The zero-order chi connectivity index (χ0) is 7.72. The number of rotatable bonds is 1. The fraction of sp³-hybridized carbons (Fsp3) is 0.333. The molecule has 1 heterocycles. The van der Waals surface area contributed by atoms with Crippen LogP contribution in [-0.4, -0.2) is 0 Å². The van der Waals surface area contributed by atoms with Crippen LogP contribution in [0.1, 0.15) is 16.9 Å². The van der Waals surface area contributed by atoms with Crippen molar-refractivity contribution in [1.82, 2.24) is 0 Å². The van der Waals surface area contributed by atoms with Gasteiger partial charge in [-0.25, -0.2) is 8.78 Å². The molecule has 1 rings (SSSR count). The average Bonchev–Trinajstić information content (AvgIpc) is 2.10. The van der Waals surface area contributed by atoms with Gasteiger partial charge in [0, 0.05) is 10.4 Å². The molecule has 0 aliphatic carbocycles. The van der Waals surface area contributed by atoms with Gasteiger partial charge in [-0.3, -0.25) is 0 Å². The normalized spacial score (nSPS) is 10.9. The van der Waals surface area contributed by atoms with E-state index < -0.39 is 6.43 Å². The van der Waals surface area contributed by atoms with Crippen LogP contribution >= 0.6 is 27.3 Å². The molecule has 4 heteroatoms. The van der Waals surface area contributed by atoms with Gasteiger partial charge in [0.1, 0.15) is 0 Å². The van der Waals surface area contributed by atoms with E-state index in [-0.39, 0.29) is 5.56 Å². The summed E-state index contributed by atoms with van der Waals surface area (Å²) in [6, 6.07) is 1.46. The second-order valence-electron chi connectivity index (χ2n) is 1.86. The van der Waals surface area contributed by atoms with E-state index in [4.69, 9.17) is 0 Å². The number of hydrogen-bond donors (Lipinski definition) is 0. The molecular weight excluding hydrogens is 222 g/mol. The Morgan fingerprint density at radius 3 is 2.40 bits per heavy atom. The molecule has 10 heavy (non-hydrogen) atoms. The van der Waals surface area contributed by atoms with Gasteiger partial charge in [-0.05, 0) is 28.9 Å². The lowest BCUT2D eigenvalue weighted by atomic mass is 10.3. The Bertz CT molecular complexity index is 232. The third-order valence-corrected chi connectivity index (χ3v) is 2.73. The fourth-order valence-electron chi connectivity index (χ4n) is 0.675. The molecule has 0 atom stereocenters. The summed E-state index contributed by atoms with van der Waals surface area (Å²) < 4.78 is 24.8. The molecule has 0 amide bonds. The monoisotopic (exact) mass is 226 g/mol. The predicted molar refractivity (Wildman–Crippen MR) is 41.7 cm³/mol. The lowest BCUT2D eigenvalue weighted by Crippen LogP contribution is -1.80. The van der Waals surface area contributed by atoms with Crippen molar-refractivity contribution >= 4 is 27.3 Å². The lowest BCUT2D eigenvalue weighted by molar-refractivity contribution is 0.151. The van der Waals surface area contributed by atoms with Gasteiger partial charge < -0.3 is 0 Å². The van der Waals surface area contributed by atoms with E-state index in [1.54, 1.807) is 6.92 Å². The number of halogens is 3. The summed E-state index contributed by atoms with van der Waals surface area (Å²) in [4.78, 5) is 0.682. The first-order chi connectivity index (χ1) is 4.61. The van der Waals surface area contributed by atoms with Crippen LogP contribution < -0.4 is 0 Å². The number of alkyl halides is 2. The highest BCUT2D eigenvalue weighted by Gasteiger charge is 2.12. The zero-order valence-electron chi connectivity index (χ0n) is 5.20. The molecule has 0 spiro atoms. The Balaban J connectivity index is 3.03. The summed E-state index contributed by atoms with van der Waals surface area (Å²) in [5, 5.41) is 0. The molecular formula is C6H5BrF2S. The highest BCUT2D eigenvalue weighted by Crippen LogP contribution is 2.32. The van der Waals surface area contributed by atoms with Crippen LogP contribution in [0.5, 0.6) is 0 Å². The van der Waals surface area contributed by atoms with Crippen molar-refractivity contribution in [2.24, 2.45) is 0 Å².